The van der Waals surface area contributed by atoms with Gasteiger partial charge in [-0.1, -0.05) is 49.7 Å². The molecule has 0 aliphatic carbocycles. The number of hydrogen-bond donors (Lipinski definition) is 2. The van der Waals surface area contributed by atoms with Gasteiger partial charge in [-0.05, 0) is 35.7 Å². The number of methoxy groups -OCH3 is 1. The summed E-state index contributed by atoms with van der Waals surface area (Å²) in [6.45, 7) is 5.03. The molecule has 29 heavy (non-hydrogen) atoms. The third-order valence-corrected chi connectivity index (χ3v) is 4.61. The summed E-state index contributed by atoms with van der Waals surface area (Å²) in [5, 5.41) is 6.01. The average molecular weight is 419 g/mol. The van der Waals surface area contributed by atoms with E-state index >= 15 is 0 Å². The summed E-state index contributed by atoms with van der Waals surface area (Å²) in [5.41, 5.74) is 1.24. The molecule has 0 radical (unpaired) electrons. The Labute approximate surface area is 176 Å². The van der Waals surface area contributed by atoms with E-state index in [1.165, 1.54) is 0 Å². The quantitative estimate of drug-likeness (QED) is 0.579. The zero-order valence-electron chi connectivity index (χ0n) is 16.9. The summed E-state index contributed by atoms with van der Waals surface area (Å²) >= 11 is 6.08. The van der Waals surface area contributed by atoms with Crippen LogP contribution in [0.3, 0.4) is 0 Å². The molecule has 2 rings (SSSR count). The number of carbonyl (C=O) groups excluding carboxylic acids is 2. The lowest BCUT2D eigenvalue weighted by atomic mass is 10.0. The predicted molar refractivity (Wildman–Crippen MR) is 113 cm³/mol. The number of hydrogen-bond acceptors (Lipinski definition) is 4. The minimum atomic E-state index is -0.681. The molecule has 1 unspecified atom stereocenters. The highest BCUT2D eigenvalue weighted by Crippen LogP contribution is 2.16. The Hall–Kier alpha value is -2.57. The van der Waals surface area contributed by atoms with Gasteiger partial charge in [-0.3, -0.25) is 9.59 Å². The molecule has 7 heteroatoms. The van der Waals surface area contributed by atoms with Crippen LogP contribution in [0.15, 0.2) is 48.5 Å². The van der Waals surface area contributed by atoms with Gasteiger partial charge in [0.2, 0.25) is 5.91 Å². The third kappa shape index (κ3) is 7.07. The normalized spacial score (nSPS) is 11.8. The standard InChI is InChI=1S/C22H27ClN2O4/c1-15(2)20(25-21(26)18-9-4-5-10-19(18)23)22(27)24-14-16-7-6-8-17(13-16)29-12-11-28-3/h4-10,13,15,20H,11-12,14H2,1-3H3,(H,24,27)(H,25,26). The zero-order chi connectivity index (χ0) is 21.2. The minimum absolute atomic E-state index is 0.0925. The van der Waals surface area contributed by atoms with Crippen molar-refractivity contribution in [2.24, 2.45) is 5.92 Å². The van der Waals surface area contributed by atoms with Gasteiger partial charge in [0, 0.05) is 13.7 Å². The molecule has 0 saturated carbocycles. The zero-order valence-corrected chi connectivity index (χ0v) is 17.7. The molecule has 2 N–H and O–H groups in total. The SMILES string of the molecule is COCCOc1cccc(CNC(=O)C(NC(=O)c2ccccc2Cl)C(C)C)c1. The molecule has 0 fully saturated rings. The minimum Gasteiger partial charge on any atom is -0.491 e. The topological polar surface area (TPSA) is 76.7 Å². The largest absolute Gasteiger partial charge is 0.491 e. The number of carbonyl (C=O) groups is 2. The van der Waals surface area contributed by atoms with Gasteiger partial charge in [0.1, 0.15) is 18.4 Å². The first-order valence-corrected chi connectivity index (χ1v) is 9.84. The number of halogens is 1. The molecule has 0 saturated heterocycles. The maximum Gasteiger partial charge on any atom is 0.253 e. The maximum absolute atomic E-state index is 12.7. The number of rotatable bonds is 10. The van der Waals surface area contributed by atoms with E-state index in [-0.39, 0.29) is 17.7 Å². The summed E-state index contributed by atoms with van der Waals surface area (Å²) in [6, 6.07) is 13.5. The van der Waals surface area contributed by atoms with Crippen molar-refractivity contribution < 1.29 is 19.1 Å². The lowest BCUT2D eigenvalue weighted by Gasteiger charge is -2.22. The van der Waals surface area contributed by atoms with Crippen LogP contribution in [0.25, 0.3) is 0 Å². The molecule has 0 heterocycles. The van der Waals surface area contributed by atoms with Crippen LogP contribution in [-0.2, 0) is 16.1 Å². The van der Waals surface area contributed by atoms with Crippen molar-refractivity contribution in [1.82, 2.24) is 10.6 Å². The van der Waals surface area contributed by atoms with Crippen LogP contribution in [0, 0.1) is 5.92 Å². The first-order valence-electron chi connectivity index (χ1n) is 9.46. The predicted octanol–water partition coefficient (Wildman–Crippen LogP) is 3.44. The van der Waals surface area contributed by atoms with E-state index in [9.17, 15) is 9.59 Å². The van der Waals surface area contributed by atoms with Crippen molar-refractivity contribution in [1.29, 1.82) is 0 Å². The molecule has 0 bridgehead atoms. The van der Waals surface area contributed by atoms with Gasteiger partial charge in [0.25, 0.3) is 5.91 Å². The van der Waals surface area contributed by atoms with Crippen molar-refractivity contribution in [3.8, 4) is 5.75 Å². The second-order valence-electron chi connectivity index (χ2n) is 6.88. The fraction of sp³-hybridized carbons (Fsp3) is 0.364. The average Bonchev–Trinajstić information content (AvgIpc) is 2.70. The molecule has 1 atom stereocenters. The molecule has 0 aliphatic heterocycles. The summed E-state index contributed by atoms with van der Waals surface area (Å²) in [6.07, 6.45) is 0. The number of benzene rings is 2. The molecule has 156 valence electrons. The van der Waals surface area contributed by atoms with E-state index < -0.39 is 6.04 Å². The van der Waals surface area contributed by atoms with Crippen LogP contribution in [0.1, 0.15) is 29.8 Å². The Morgan fingerprint density at radius 2 is 1.83 bits per heavy atom. The van der Waals surface area contributed by atoms with Crippen molar-refractivity contribution in [3.63, 3.8) is 0 Å². The fourth-order valence-electron chi connectivity index (χ4n) is 2.69. The number of amides is 2. The Morgan fingerprint density at radius 3 is 2.52 bits per heavy atom. The lowest BCUT2D eigenvalue weighted by Crippen LogP contribution is -2.49. The van der Waals surface area contributed by atoms with Crippen LogP contribution >= 0.6 is 11.6 Å². The highest BCUT2D eigenvalue weighted by atomic mass is 35.5. The highest BCUT2D eigenvalue weighted by molar-refractivity contribution is 6.33. The number of nitrogens with one attached hydrogen (secondary N) is 2. The van der Waals surface area contributed by atoms with E-state index in [1.807, 2.05) is 38.1 Å². The van der Waals surface area contributed by atoms with Crippen molar-refractivity contribution in [2.75, 3.05) is 20.3 Å². The second-order valence-corrected chi connectivity index (χ2v) is 7.29. The number of ether oxygens (including phenoxy) is 2. The van der Waals surface area contributed by atoms with E-state index in [2.05, 4.69) is 10.6 Å². The lowest BCUT2D eigenvalue weighted by molar-refractivity contribution is -0.124. The third-order valence-electron chi connectivity index (χ3n) is 4.28. The van der Waals surface area contributed by atoms with Gasteiger partial charge in [0.15, 0.2) is 0 Å². The summed E-state index contributed by atoms with van der Waals surface area (Å²) in [4.78, 5) is 25.2. The highest BCUT2D eigenvalue weighted by Gasteiger charge is 2.25. The molecule has 2 aromatic carbocycles. The first-order chi connectivity index (χ1) is 13.9. The molecule has 2 aromatic rings. The Bertz CT molecular complexity index is 826. The summed E-state index contributed by atoms with van der Waals surface area (Å²) in [7, 11) is 1.62. The van der Waals surface area contributed by atoms with Gasteiger partial charge in [-0.25, -0.2) is 0 Å². The van der Waals surface area contributed by atoms with Gasteiger partial charge in [-0.15, -0.1) is 0 Å². The van der Waals surface area contributed by atoms with E-state index in [1.54, 1.807) is 31.4 Å². The van der Waals surface area contributed by atoms with Crippen LogP contribution in [-0.4, -0.2) is 38.2 Å². The molecular weight excluding hydrogens is 392 g/mol. The Balaban J connectivity index is 1.97. The summed E-state index contributed by atoms with van der Waals surface area (Å²) < 4.78 is 10.6. The Kier molecular flexibility index (Phi) is 8.96. The van der Waals surface area contributed by atoms with Crippen molar-refractivity contribution in [2.45, 2.75) is 26.4 Å². The van der Waals surface area contributed by atoms with Crippen LogP contribution < -0.4 is 15.4 Å². The van der Waals surface area contributed by atoms with Crippen LogP contribution in [0.2, 0.25) is 5.02 Å². The maximum atomic E-state index is 12.7. The molecule has 0 aliphatic rings. The van der Waals surface area contributed by atoms with Gasteiger partial charge >= 0.3 is 0 Å². The van der Waals surface area contributed by atoms with E-state index in [0.29, 0.717) is 36.1 Å². The van der Waals surface area contributed by atoms with Crippen LogP contribution in [0.4, 0.5) is 0 Å². The monoisotopic (exact) mass is 418 g/mol. The van der Waals surface area contributed by atoms with Gasteiger partial charge in [0.05, 0.1) is 17.2 Å². The summed E-state index contributed by atoms with van der Waals surface area (Å²) in [5.74, 6) is -0.0181. The molecule has 0 aromatic heterocycles. The molecule has 0 spiro atoms. The van der Waals surface area contributed by atoms with Crippen molar-refractivity contribution in [3.05, 3.63) is 64.7 Å². The Morgan fingerprint density at radius 1 is 1.07 bits per heavy atom. The fourth-order valence-corrected chi connectivity index (χ4v) is 2.91. The molecule has 2 amide bonds. The first kappa shape index (κ1) is 22.7. The van der Waals surface area contributed by atoms with E-state index in [0.717, 1.165) is 5.56 Å². The molecular formula is C22H27ClN2O4. The smallest absolute Gasteiger partial charge is 0.253 e. The van der Waals surface area contributed by atoms with Crippen molar-refractivity contribution >= 4 is 23.4 Å². The van der Waals surface area contributed by atoms with Crippen LogP contribution in [0.5, 0.6) is 5.75 Å². The van der Waals surface area contributed by atoms with E-state index in [4.69, 9.17) is 21.1 Å². The van der Waals surface area contributed by atoms with Gasteiger partial charge in [-0.2, -0.15) is 0 Å². The van der Waals surface area contributed by atoms with Gasteiger partial charge < -0.3 is 20.1 Å². The molecule has 6 nitrogen and oxygen atoms in total. The second kappa shape index (κ2) is 11.4.